The van der Waals surface area contributed by atoms with Gasteiger partial charge >= 0.3 is 5.91 Å². The number of nitrogens with zero attached hydrogens (tertiary/aromatic N) is 2. The third-order valence-corrected chi connectivity index (χ3v) is 5.76. The first-order valence-corrected chi connectivity index (χ1v) is 10.2. The fourth-order valence-electron chi connectivity index (χ4n) is 4.30. The Balaban J connectivity index is 1.48. The van der Waals surface area contributed by atoms with Gasteiger partial charge in [-0.25, -0.2) is 5.43 Å². The summed E-state index contributed by atoms with van der Waals surface area (Å²) < 4.78 is 0. The van der Waals surface area contributed by atoms with Gasteiger partial charge in [-0.05, 0) is 24.8 Å². The number of ketones is 1. The molecule has 2 aromatic carbocycles. The summed E-state index contributed by atoms with van der Waals surface area (Å²) in [7, 11) is 0. The molecule has 0 aromatic heterocycles. The molecule has 31 heavy (non-hydrogen) atoms. The zero-order chi connectivity index (χ0) is 21.8. The Morgan fingerprint density at radius 3 is 2.68 bits per heavy atom. The fraction of sp³-hybridized carbons (Fsp3) is 0.261. The predicted octanol–water partition coefficient (Wildman–Crippen LogP) is 3.11. The summed E-state index contributed by atoms with van der Waals surface area (Å²) >= 11 is 0. The first kappa shape index (κ1) is 20.5. The van der Waals surface area contributed by atoms with Crippen LogP contribution in [-0.2, 0) is 16.0 Å². The number of non-ortho nitro benzene ring substituents is 1. The van der Waals surface area contributed by atoms with Crippen LogP contribution in [0.2, 0.25) is 0 Å². The summed E-state index contributed by atoms with van der Waals surface area (Å²) in [6, 6.07) is 13.7. The number of nitro benzene ring substituents is 1. The van der Waals surface area contributed by atoms with Crippen LogP contribution in [0.3, 0.4) is 0 Å². The molecule has 158 valence electrons. The van der Waals surface area contributed by atoms with Crippen LogP contribution in [-0.4, -0.2) is 28.4 Å². The maximum Gasteiger partial charge on any atom is 0.311 e. The number of benzene rings is 2. The van der Waals surface area contributed by atoms with Crippen molar-refractivity contribution in [3.05, 3.63) is 81.4 Å². The molecule has 8 nitrogen and oxygen atoms in total. The van der Waals surface area contributed by atoms with E-state index >= 15 is 0 Å². The van der Waals surface area contributed by atoms with E-state index in [1.165, 1.54) is 36.1 Å². The Bertz CT molecular complexity index is 1100. The highest BCUT2D eigenvalue weighted by atomic mass is 16.6. The Morgan fingerprint density at radius 1 is 1.13 bits per heavy atom. The Labute approximate surface area is 179 Å². The van der Waals surface area contributed by atoms with Gasteiger partial charge < -0.3 is 5.32 Å². The number of hydrogen-bond donors (Lipinski definition) is 2. The predicted molar refractivity (Wildman–Crippen MR) is 116 cm³/mol. The van der Waals surface area contributed by atoms with Crippen LogP contribution >= 0.6 is 0 Å². The lowest BCUT2D eigenvalue weighted by Crippen LogP contribution is -2.47. The quantitative estimate of drug-likeness (QED) is 0.255. The van der Waals surface area contributed by atoms with E-state index in [0.29, 0.717) is 11.3 Å². The fourth-order valence-corrected chi connectivity index (χ4v) is 4.30. The van der Waals surface area contributed by atoms with Crippen molar-refractivity contribution in [3.63, 3.8) is 0 Å². The highest BCUT2D eigenvalue weighted by molar-refractivity contribution is 6.41. The summed E-state index contributed by atoms with van der Waals surface area (Å²) in [6.07, 6.45) is 7.85. The van der Waals surface area contributed by atoms with Gasteiger partial charge in [-0.1, -0.05) is 49.2 Å². The van der Waals surface area contributed by atoms with Gasteiger partial charge in [0, 0.05) is 40.6 Å². The standard InChI is InChI=1S/C23H22N4O4/c28-21(22(29)26-24-15-16-6-5-8-18(12-16)27(30)31)13-20-19-9-2-1-7-17(19)14-23(25-20)10-3-4-11-23/h1-2,5-9,12-13,15,25H,3-4,10-11,14H2,(H,26,29)/b20-13-,24-15+. The Kier molecular flexibility index (Phi) is 5.62. The van der Waals surface area contributed by atoms with Crippen LogP contribution in [0.1, 0.15) is 42.4 Å². The van der Waals surface area contributed by atoms with Crippen LogP contribution in [0.5, 0.6) is 0 Å². The van der Waals surface area contributed by atoms with Gasteiger partial charge in [-0.15, -0.1) is 0 Å². The molecule has 0 radical (unpaired) electrons. The van der Waals surface area contributed by atoms with Crippen LogP contribution in [0.4, 0.5) is 5.69 Å². The molecule has 1 fully saturated rings. The molecule has 0 atom stereocenters. The molecule has 0 bridgehead atoms. The topological polar surface area (TPSA) is 114 Å². The number of nitro groups is 1. The number of amides is 1. The molecule has 1 heterocycles. The van der Waals surface area contributed by atoms with Crippen molar-refractivity contribution < 1.29 is 14.5 Å². The number of fused-ring (bicyclic) bond motifs is 1. The molecule has 2 N–H and O–H groups in total. The summed E-state index contributed by atoms with van der Waals surface area (Å²) in [4.78, 5) is 35.1. The van der Waals surface area contributed by atoms with Gasteiger partial charge in [0.05, 0.1) is 11.1 Å². The minimum Gasteiger partial charge on any atom is -0.379 e. The highest BCUT2D eigenvalue weighted by Gasteiger charge is 2.38. The number of carbonyl (C=O) groups excluding carboxylic acids is 2. The number of rotatable bonds is 5. The van der Waals surface area contributed by atoms with Crippen molar-refractivity contribution in [2.24, 2.45) is 5.10 Å². The van der Waals surface area contributed by atoms with Gasteiger partial charge in [0.25, 0.3) is 5.69 Å². The Morgan fingerprint density at radius 2 is 1.90 bits per heavy atom. The SMILES string of the molecule is O=C(/C=C1\NC2(CCCC2)Cc2ccccc21)C(=O)N/N=C/c1cccc([N+](=O)[O-])c1. The van der Waals surface area contributed by atoms with E-state index in [2.05, 4.69) is 21.9 Å². The molecule has 1 spiro atoms. The molecule has 0 unspecified atom stereocenters. The molecular formula is C23H22N4O4. The molecule has 0 saturated heterocycles. The number of hydrogen-bond acceptors (Lipinski definition) is 6. The summed E-state index contributed by atoms with van der Waals surface area (Å²) in [5, 5.41) is 18.1. The van der Waals surface area contributed by atoms with Crippen molar-refractivity contribution in [2.45, 2.75) is 37.6 Å². The summed E-state index contributed by atoms with van der Waals surface area (Å²) in [6.45, 7) is 0. The van der Waals surface area contributed by atoms with Crippen molar-refractivity contribution in [2.75, 3.05) is 0 Å². The van der Waals surface area contributed by atoms with Crippen molar-refractivity contribution in [1.82, 2.24) is 10.7 Å². The van der Waals surface area contributed by atoms with E-state index in [0.717, 1.165) is 37.7 Å². The highest BCUT2D eigenvalue weighted by Crippen LogP contribution is 2.39. The normalized spacial score (nSPS) is 18.0. The minimum absolute atomic E-state index is 0.0584. The second-order valence-corrected chi connectivity index (χ2v) is 7.92. The van der Waals surface area contributed by atoms with Gasteiger partial charge in [0.1, 0.15) is 0 Å². The lowest BCUT2D eigenvalue weighted by Gasteiger charge is -2.38. The zero-order valence-corrected chi connectivity index (χ0v) is 16.8. The van der Waals surface area contributed by atoms with E-state index in [1.54, 1.807) is 6.07 Å². The largest absolute Gasteiger partial charge is 0.379 e. The first-order valence-electron chi connectivity index (χ1n) is 10.2. The molecule has 4 rings (SSSR count). The van der Waals surface area contributed by atoms with E-state index in [-0.39, 0.29) is 11.2 Å². The lowest BCUT2D eigenvalue weighted by molar-refractivity contribution is -0.384. The van der Waals surface area contributed by atoms with Crippen LogP contribution < -0.4 is 10.7 Å². The van der Waals surface area contributed by atoms with Crippen LogP contribution in [0.25, 0.3) is 5.70 Å². The van der Waals surface area contributed by atoms with Crippen LogP contribution in [0.15, 0.2) is 59.7 Å². The second-order valence-electron chi connectivity index (χ2n) is 7.92. The van der Waals surface area contributed by atoms with Gasteiger partial charge in [-0.3, -0.25) is 19.7 Å². The van der Waals surface area contributed by atoms with E-state index in [4.69, 9.17) is 0 Å². The first-order chi connectivity index (χ1) is 15.0. The average Bonchev–Trinajstić information content (AvgIpc) is 3.21. The third-order valence-electron chi connectivity index (χ3n) is 5.76. The van der Waals surface area contributed by atoms with Crippen molar-refractivity contribution >= 4 is 29.3 Å². The maximum absolute atomic E-state index is 12.5. The van der Waals surface area contributed by atoms with Gasteiger partial charge in [0.15, 0.2) is 0 Å². The number of hydrazone groups is 1. The monoisotopic (exact) mass is 418 g/mol. The Hall–Kier alpha value is -3.81. The van der Waals surface area contributed by atoms with E-state index < -0.39 is 16.6 Å². The maximum atomic E-state index is 12.5. The zero-order valence-electron chi connectivity index (χ0n) is 16.8. The molecule has 8 heteroatoms. The minimum atomic E-state index is -0.875. The molecule has 1 amide bonds. The lowest BCUT2D eigenvalue weighted by atomic mass is 9.82. The van der Waals surface area contributed by atoms with Crippen molar-refractivity contribution in [3.8, 4) is 0 Å². The van der Waals surface area contributed by atoms with E-state index in [9.17, 15) is 19.7 Å². The van der Waals surface area contributed by atoms with Gasteiger partial charge in [-0.2, -0.15) is 5.10 Å². The second kappa shape index (κ2) is 8.51. The number of carbonyl (C=O) groups is 2. The molecule has 1 aliphatic heterocycles. The van der Waals surface area contributed by atoms with Gasteiger partial charge in [0.2, 0.25) is 5.78 Å². The molecule has 1 aliphatic carbocycles. The molecular weight excluding hydrogens is 396 g/mol. The summed E-state index contributed by atoms with van der Waals surface area (Å²) in [5.74, 6) is -1.59. The molecule has 1 saturated carbocycles. The van der Waals surface area contributed by atoms with Crippen molar-refractivity contribution in [1.29, 1.82) is 0 Å². The molecule has 2 aromatic rings. The molecule has 2 aliphatic rings. The average molecular weight is 418 g/mol. The summed E-state index contributed by atoms with van der Waals surface area (Å²) in [5.41, 5.74) is 5.25. The third kappa shape index (κ3) is 4.53. The van der Waals surface area contributed by atoms with Crippen LogP contribution in [0, 0.1) is 10.1 Å². The van der Waals surface area contributed by atoms with E-state index in [1.807, 2.05) is 18.2 Å². The smallest absolute Gasteiger partial charge is 0.311 e. The number of nitrogens with one attached hydrogen (secondary N) is 2.